The Balaban J connectivity index is 2.01. The summed E-state index contributed by atoms with van der Waals surface area (Å²) in [6.07, 6.45) is 4.55. The predicted octanol–water partition coefficient (Wildman–Crippen LogP) is 4.14. The van der Waals surface area contributed by atoms with Crippen LogP contribution in [0.4, 0.5) is 0 Å². The quantitative estimate of drug-likeness (QED) is 0.755. The number of hydrogen-bond acceptors (Lipinski definition) is 3. The average molecular weight is 401 g/mol. The molecular weight excluding hydrogens is 382 g/mol. The third-order valence-electron chi connectivity index (χ3n) is 3.90. The molecule has 0 aliphatic heterocycles. The highest BCUT2D eigenvalue weighted by Crippen LogP contribution is 2.32. The van der Waals surface area contributed by atoms with Crippen molar-refractivity contribution in [3.8, 4) is 0 Å². The molecule has 1 saturated carbocycles. The molecule has 0 spiro atoms. The number of halogens is 2. The first-order chi connectivity index (χ1) is 9.44. The summed E-state index contributed by atoms with van der Waals surface area (Å²) in [7, 11) is -3.40. The van der Waals surface area contributed by atoms with Gasteiger partial charge < -0.3 is 0 Å². The van der Waals surface area contributed by atoms with Gasteiger partial charge in [-0.25, -0.2) is 13.1 Å². The number of hydrogen-bond donors (Lipinski definition) is 1. The molecule has 2 rings (SSSR count). The number of aryl methyl sites for hydroxylation is 1. The molecule has 1 aliphatic carbocycles. The standard InChI is InChI=1S/C13H19BrClNO2S2/c1-9-6-12(19-13(9)14)20(17,18)16-8-11-5-3-2-4-10(11)7-15/h6,10-11,16H,2-5,7-8H2,1H3. The molecule has 20 heavy (non-hydrogen) atoms. The molecule has 1 N–H and O–H groups in total. The van der Waals surface area contributed by atoms with Gasteiger partial charge in [0.1, 0.15) is 4.21 Å². The van der Waals surface area contributed by atoms with Crippen molar-refractivity contribution in [3.63, 3.8) is 0 Å². The van der Waals surface area contributed by atoms with Crippen LogP contribution < -0.4 is 4.72 Å². The van der Waals surface area contributed by atoms with Crippen LogP contribution in [0, 0.1) is 18.8 Å². The maximum absolute atomic E-state index is 12.3. The van der Waals surface area contributed by atoms with Gasteiger partial charge in [-0.2, -0.15) is 0 Å². The summed E-state index contributed by atoms with van der Waals surface area (Å²) in [5.74, 6) is 1.42. The molecule has 1 aliphatic rings. The number of thiophene rings is 1. The van der Waals surface area contributed by atoms with Crippen molar-refractivity contribution >= 4 is 48.9 Å². The summed E-state index contributed by atoms with van der Waals surface area (Å²) in [5, 5.41) is 0. The van der Waals surface area contributed by atoms with Crippen molar-refractivity contribution in [1.82, 2.24) is 4.72 Å². The molecule has 0 aromatic carbocycles. The van der Waals surface area contributed by atoms with Gasteiger partial charge >= 0.3 is 0 Å². The Bertz CT molecular complexity index is 539. The lowest BCUT2D eigenvalue weighted by atomic mass is 9.80. The van der Waals surface area contributed by atoms with Crippen molar-refractivity contribution in [2.75, 3.05) is 12.4 Å². The van der Waals surface area contributed by atoms with Crippen LogP contribution >= 0.6 is 38.9 Å². The highest BCUT2D eigenvalue weighted by atomic mass is 79.9. The number of alkyl halides is 1. The minimum atomic E-state index is -3.40. The third kappa shape index (κ3) is 3.97. The highest BCUT2D eigenvalue weighted by molar-refractivity contribution is 9.11. The summed E-state index contributed by atoms with van der Waals surface area (Å²) < 4.78 is 28.6. The summed E-state index contributed by atoms with van der Waals surface area (Å²) >= 11 is 10.6. The fourth-order valence-corrected chi connectivity index (χ4v) is 6.38. The fourth-order valence-electron chi connectivity index (χ4n) is 2.61. The molecule has 0 saturated heterocycles. The largest absolute Gasteiger partial charge is 0.250 e. The van der Waals surface area contributed by atoms with Gasteiger partial charge in [-0.3, -0.25) is 0 Å². The average Bonchev–Trinajstić information content (AvgIpc) is 2.78. The first-order valence-electron chi connectivity index (χ1n) is 6.75. The summed E-state index contributed by atoms with van der Waals surface area (Å²) in [4.78, 5) is 0. The molecule has 0 radical (unpaired) electrons. The number of nitrogens with one attached hydrogen (secondary N) is 1. The second-order valence-electron chi connectivity index (χ2n) is 5.33. The Morgan fingerprint density at radius 1 is 1.40 bits per heavy atom. The Morgan fingerprint density at radius 2 is 2.05 bits per heavy atom. The molecule has 1 fully saturated rings. The molecule has 114 valence electrons. The van der Waals surface area contributed by atoms with E-state index >= 15 is 0 Å². The van der Waals surface area contributed by atoms with Crippen LogP contribution in [-0.2, 0) is 10.0 Å². The predicted molar refractivity (Wildman–Crippen MR) is 88.1 cm³/mol. The molecule has 0 amide bonds. The molecule has 0 bridgehead atoms. The van der Waals surface area contributed by atoms with Crippen LogP contribution in [0.3, 0.4) is 0 Å². The molecule has 7 heteroatoms. The molecule has 2 atom stereocenters. The van der Waals surface area contributed by atoms with Gasteiger partial charge in [0.15, 0.2) is 0 Å². The maximum atomic E-state index is 12.3. The summed E-state index contributed by atoms with van der Waals surface area (Å²) in [6, 6.07) is 1.71. The van der Waals surface area contributed by atoms with E-state index in [1.165, 1.54) is 24.2 Å². The maximum Gasteiger partial charge on any atom is 0.250 e. The monoisotopic (exact) mass is 399 g/mol. The van der Waals surface area contributed by atoms with Gasteiger partial charge in [0.2, 0.25) is 10.0 Å². The molecule has 1 heterocycles. The Morgan fingerprint density at radius 3 is 2.60 bits per heavy atom. The van der Waals surface area contributed by atoms with E-state index < -0.39 is 10.0 Å². The van der Waals surface area contributed by atoms with Crippen molar-refractivity contribution in [2.24, 2.45) is 11.8 Å². The number of rotatable bonds is 5. The van der Waals surface area contributed by atoms with E-state index in [-0.39, 0.29) is 0 Å². The zero-order chi connectivity index (χ0) is 14.8. The first kappa shape index (κ1) is 16.7. The van der Waals surface area contributed by atoms with E-state index in [0.29, 0.717) is 28.5 Å². The van der Waals surface area contributed by atoms with E-state index in [9.17, 15) is 8.42 Å². The topological polar surface area (TPSA) is 46.2 Å². The fraction of sp³-hybridized carbons (Fsp3) is 0.692. The zero-order valence-electron chi connectivity index (χ0n) is 11.4. The van der Waals surface area contributed by atoms with Crippen LogP contribution in [0.5, 0.6) is 0 Å². The van der Waals surface area contributed by atoms with Crippen LogP contribution in [0.2, 0.25) is 0 Å². The molecule has 1 aromatic heterocycles. The van der Waals surface area contributed by atoms with Crippen LogP contribution in [0.15, 0.2) is 14.1 Å². The summed E-state index contributed by atoms with van der Waals surface area (Å²) in [6.45, 7) is 2.39. The van der Waals surface area contributed by atoms with E-state index in [1.807, 2.05) is 6.92 Å². The van der Waals surface area contributed by atoms with Crippen molar-refractivity contribution < 1.29 is 8.42 Å². The van der Waals surface area contributed by atoms with E-state index in [2.05, 4.69) is 20.7 Å². The van der Waals surface area contributed by atoms with Gasteiger partial charge in [0, 0.05) is 12.4 Å². The van der Waals surface area contributed by atoms with E-state index in [4.69, 9.17) is 11.6 Å². The number of sulfonamides is 1. The van der Waals surface area contributed by atoms with E-state index in [0.717, 1.165) is 22.2 Å². The van der Waals surface area contributed by atoms with Gasteiger partial charge in [-0.1, -0.05) is 12.8 Å². The van der Waals surface area contributed by atoms with Crippen molar-refractivity contribution in [3.05, 3.63) is 15.4 Å². The smallest absolute Gasteiger partial charge is 0.210 e. The molecule has 3 nitrogen and oxygen atoms in total. The van der Waals surface area contributed by atoms with Crippen molar-refractivity contribution in [1.29, 1.82) is 0 Å². The molecule has 2 unspecified atom stereocenters. The Labute approximate surface area is 138 Å². The lowest BCUT2D eigenvalue weighted by Crippen LogP contribution is -2.34. The van der Waals surface area contributed by atoms with Crippen LogP contribution in [0.1, 0.15) is 31.2 Å². The Hall–Kier alpha value is 0.380. The van der Waals surface area contributed by atoms with Crippen molar-refractivity contribution in [2.45, 2.75) is 36.8 Å². The van der Waals surface area contributed by atoms with E-state index in [1.54, 1.807) is 6.07 Å². The van der Waals surface area contributed by atoms with Gasteiger partial charge in [0.25, 0.3) is 0 Å². The lowest BCUT2D eigenvalue weighted by molar-refractivity contribution is 0.260. The minimum absolute atomic E-state index is 0.362. The van der Waals surface area contributed by atoms with Crippen LogP contribution in [0.25, 0.3) is 0 Å². The SMILES string of the molecule is Cc1cc(S(=O)(=O)NCC2CCCCC2CCl)sc1Br. The van der Waals surface area contributed by atoms with Crippen LogP contribution in [-0.4, -0.2) is 20.8 Å². The van der Waals surface area contributed by atoms with Gasteiger partial charge in [-0.05, 0) is 59.2 Å². The third-order valence-corrected chi connectivity index (χ3v) is 8.33. The first-order valence-corrected chi connectivity index (χ1v) is 10.4. The summed E-state index contributed by atoms with van der Waals surface area (Å²) in [5.41, 5.74) is 0.951. The normalized spacial score (nSPS) is 23.9. The van der Waals surface area contributed by atoms with Gasteiger partial charge in [-0.15, -0.1) is 22.9 Å². The zero-order valence-corrected chi connectivity index (χ0v) is 15.3. The highest BCUT2D eigenvalue weighted by Gasteiger charge is 2.26. The minimum Gasteiger partial charge on any atom is -0.210 e. The molecular formula is C13H19BrClNO2S2. The van der Waals surface area contributed by atoms with Gasteiger partial charge in [0.05, 0.1) is 3.79 Å². The Kier molecular flexibility index (Phi) is 5.94. The second kappa shape index (κ2) is 7.09. The lowest BCUT2D eigenvalue weighted by Gasteiger charge is -2.30. The second-order valence-corrected chi connectivity index (χ2v) is 10.0. The molecule has 1 aromatic rings.